The number of aliphatic hydroxyl groups is 1. The minimum atomic E-state index is -1.44. The molecule has 0 unspecified atom stereocenters. The maximum atomic E-state index is 9.07. The van der Waals surface area contributed by atoms with Crippen molar-refractivity contribution in [2.24, 2.45) is 0 Å². The molecule has 0 spiro atoms. The van der Waals surface area contributed by atoms with Crippen LogP contribution in [0.1, 0.15) is 14.4 Å². The van der Waals surface area contributed by atoms with E-state index in [1.54, 1.807) is 6.92 Å². The van der Waals surface area contributed by atoms with Crippen molar-refractivity contribution < 1.29 is 248 Å². The molecule has 0 aromatic heterocycles. The Labute approximate surface area is 451 Å². The Balaban J connectivity index is -0.00000000457. The first-order valence-corrected chi connectivity index (χ1v) is 7.41. The molecular formula is C31H61MnO10U6. The van der Waals surface area contributed by atoms with Gasteiger partial charge in [-0.3, -0.25) is 30.6 Å². The second-order valence-electron chi connectivity index (χ2n) is 2.28. The predicted octanol–water partition coefficient (Wildman–Crippen LogP) is 6.76. The van der Waals surface area contributed by atoms with Crippen molar-refractivity contribution in [3.05, 3.63) is 158 Å². The maximum absolute atomic E-state index is 9.07. The topological polar surface area (TPSA) is 158 Å². The molecule has 17 heteroatoms. The van der Waals surface area contributed by atoms with Crippen LogP contribution in [-0.2, 0) is 55.9 Å². The average Bonchev–Trinajstić information content (AvgIpc) is 2.76. The van der Waals surface area contributed by atoms with Crippen LogP contribution in [0.2, 0.25) is 0 Å². The molecule has 0 saturated carbocycles. The fraction of sp³-hybridized carbons (Fsp3) is 0.129. The van der Waals surface area contributed by atoms with Crippen molar-refractivity contribution in [2.45, 2.75) is 14.4 Å². The first-order valence-electron chi connectivity index (χ1n) is 6.45. The van der Waals surface area contributed by atoms with Gasteiger partial charge in [0.15, 0.2) is 0 Å². The van der Waals surface area contributed by atoms with Crippen LogP contribution in [-0.4, -0.2) is 44.0 Å². The number of methoxy groups -OCH3 is 1. The zero-order valence-corrected chi connectivity index (χ0v) is 56.6. The number of allylic oxidation sites excluding steroid dienone is 3. The van der Waals surface area contributed by atoms with E-state index < -0.39 is 14.8 Å². The zero-order valence-electron chi connectivity index (χ0n) is 30.5. The summed E-state index contributed by atoms with van der Waals surface area (Å²) in [5, 5.41) is 7.70. The second-order valence-corrected chi connectivity index (χ2v) is 2.48. The van der Waals surface area contributed by atoms with Gasteiger partial charge in [0.2, 0.25) is 0 Å². The Hall–Kier alpha value is 2.82. The summed E-state index contributed by atoms with van der Waals surface area (Å²) in [4.78, 5) is 43.3. The Morgan fingerprint density at radius 1 is 0.750 bits per heavy atom. The molecule has 10 nitrogen and oxygen atoms in total. The van der Waals surface area contributed by atoms with E-state index in [1.807, 2.05) is 6.08 Å². The van der Waals surface area contributed by atoms with Gasteiger partial charge < -0.3 is 138 Å². The number of hydrogen-bond donors (Lipinski definition) is 1. The van der Waals surface area contributed by atoms with Crippen LogP contribution in [0.15, 0.2) is 37.8 Å². The summed E-state index contributed by atoms with van der Waals surface area (Å²) in [7, 11) is 1.50. The van der Waals surface area contributed by atoms with Gasteiger partial charge in [-0.15, -0.1) is 6.26 Å². The summed E-state index contributed by atoms with van der Waals surface area (Å²) in [6, 6.07) is 0. The van der Waals surface area contributed by atoms with Gasteiger partial charge in [0.25, 0.3) is 6.47 Å². The van der Waals surface area contributed by atoms with E-state index in [2.05, 4.69) is 48.4 Å². The number of carbonyl (C=O) groups is 3. The van der Waals surface area contributed by atoms with E-state index in [-0.39, 0.29) is 295 Å². The van der Waals surface area contributed by atoms with E-state index in [1.165, 1.54) is 13.2 Å². The quantitative estimate of drug-likeness (QED) is 0.0991. The van der Waals surface area contributed by atoms with Gasteiger partial charge in [-0.25, -0.2) is 6.08 Å². The van der Waals surface area contributed by atoms with Crippen LogP contribution in [0.3, 0.4) is 0 Å². The molecular weight excluding hydrogens is 2020 g/mol. The van der Waals surface area contributed by atoms with E-state index in [9.17, 15) is 0 Å². The molecule has 0 aromatic rings. The summed E-state index contributed by atoms with van der Waals surface area (Å²) in [6.45, 7) is 26.6. The number of rotatable bonds is 6. The van der Waals surface area contributed by atoms with Gasteiger partial charge in [-0.2, -0.15) is 9.59 Å². The Morgan fingerprint density at radius 3 is 0.896 bits per heavy atom. The number of aldehydes is 2. The summed E-state index contributed by atoms with van der Waals surface area (Å²) < 4.78 is 24.8. The number of aliphatic hydroxyl groups excluding tert-OH is 1. The van der Waals surface area contributed by atoms with Gasteiger partial charge in [0.05, 0.1) is 7.11 Å². The molecule has 0 aliphatic carbocycles. The predicted molar refractivity (Wildman–Crippen MR) is 176 cm³/mol. The molecule has 0 bridgehead atoms. The first-order chi connectivity index (χ1) is 14.3. The SMILES string of the molecule is C.C=[C-]C=O.C=[C-]CO.O=C=O.[CH-]=CC.[CH-]=CC=O.[CH-]=COC.[CH-]=COC=O.[CH3-].[CH3-].[CH3-].[CH3-].[CH3-].[CH3-].[CH3-].[CH3-].[CH3-].[CH3-].[CH3-].[O]=[Mn]=[O].[U+2].[U+3].[U+3].[U+3].[U+3].[U+3]. The molecule has 0 amide bonds. The smallest absolute Gasteiger partial charge is 2.00 e. The van der Waals surface area contributed by atoms with Crippen LogP contribution in [0.25, 0.3) is 0 Å². The fourth-order valence-electron chi connectivity index (χ4n) is 0.0321. The average molecular weight is 2080 g/mol. The van der Waals surface area contributed by atoms with E-state index in [4.69, 9.17) is 43.3 Å². The van der Waals surface area contributed by atoms with Crippen molar-refractivity contribution in [3.63, 3.8) is 0 Å². The normalized spacial score (nSPS) is 3.06. The minimum Gasteiger partial charge on any atom is 2.00 e. The second kappa shape index (κ2) is 420. The van der Waals surface area contributed by atoms with Gasteiger partial charge in [-0.05, 0) is 12.6 Å². The molecule has 0 aromatic carbocycles. The van der Waals surface area contributed by atoms with Crippen LogP contribution >= 0.6 is 0 Å². The Morgan fingerprint density at radius 2 is 0.896 bits per heavy atom. The van der Waals surface area contributed by atoms with Crippen LogP contribution < -0.4 is 0 Å². The summed E-state index contributed by atoms with van der Waals surface area (Å²) in [5.41, 5.74) is 0. The molecule has 0 saturated heterocycles. The molecule has 0 aliphatic rings. The van der Waals surface area contributed by atoms with Crippen molar-refractivity contribution >= 4 is 25.2 Å². The van der Waals surface area contributed by atoms with Crippen molar-refractivity contribution in [1.82, 2.24) is 0 Å². The largest absolute Gasteiger partial charge is 3.00 e. The molecule has 0 atom stereocenters. The summed E-state index contributed by atoms with van der Waals surface area (Å²) in [6.07, 6.45) is 9.91. The van der Waals surface area contributed by atoms with Gasteiger partial charge in [-0.1, -0.05) is 27.2 Å². The minimum absolute atomic E-state index is 0. The summed E-state index contributed by atoms with van der Waals surface area (Å²) in [5.74, 6) is 0. The molecule has 276 valence electrons. The molecule has 48 heavy (non-hydrogen) atoms. The van der Waals surface area contributed by atoms with Crippen molar-refractivity contribution in [1.29, 1.82) is 0 Å². The number of carbonyl (C=O) groups excluding carboxylic acids is 5. The van der Waals surface area contributed by atoms with E-state index in [0.717, 1.165) is 18.6 Å². The van der Waals surface area contributed by atoms with Crippen LogP contribution in [0.4, 0.5) is 0 Å². The molecule has 0 fully saturated rings. The van der Waals surface area contributed by atoms with Crippen molar-refractivity contribution in [2.75, 3.05) is 13.7 Å². The third-order valence-electron chi connectivity index (χ3n) is 0.544. The fourth-order valence-corrected chi connectivity index (χ4v) is 0.0321. The molecule has 1 N–H and O–H groups in total. The number of ether oxygens (including phenoxy) is 2. The first kappa shape index (κ1) is 205. The zero-order chi connectivity index (χ0) is 25.9. The summed E-state index contributed by atoms with van der Waals surface area (Å²) >= 11 is -1.44. The van der Waals surface area contributed by atoms with E-state index >= 15 is 0 Å². The molecule has 5 radical (unpaired) electrons. The van der Waals surface area contributed by atoms with Crippen LogP contribution in [0, 0.1) is 307 Å². The van der Waals surface area contributed by atoms with Gasteiger partial charge >= 0.3 is 215 Å². The maximum Gasteiger partial charge on any atom is 3.00 e. The van der Waals surface area contributed by atoms with Crippen LogP contribution in [0.5, 0.6) is 0 Å². The third-order valence-corrected chi connectivity index (χ3v) is 0.544. The monoisotopic (exact) mass is 2080 g/mol. The Bertz CT molecular complexity index is 431. The molecule has 0 rings (SSSR count). The standard InChI is InChI=1S/C3H3O2.2C3H5O.2C3H3O.C3H5.CO2.CH4.11CH3.Mn.2O.6U/c1-2-5-3-4;1-3-4-2;3*1-2-3-4;1-3-2;2-1-3;;;;;;;;;;;;;;;;;;;;;/h1-3H;1,3H,2H3;4H,1,3H2;3H,1H2;1-3H;1,3H,2H3;;1H4;11*1H3;;;;;;;;;/q6*-1;;;11*-1;;;;+2;5*+3. The third kappa shape index (κ3) is 1430. The Kier molecular flexibility index (Phi) is 1790. The molecule has 0 aliphatic heterocycles. The van der Waals surface area contributed by atoms with Crippen molar-refractivity contribution in [3.8, 4) is 0 Å². The number of hydrogen-bond acceptors (Lipinski definition) is 10. The van der Waals surface area contributed by atoms with E-state index in [0.29, 0.717) is 12.6 Å². The van der Waals surface area contributed by atoms with Gasteiger partial charge in [0.1, 0.15) is 0 Å². The molecule has 0 heterocycles. The van der Waals surface area contributed by atoms with Gasteiger partial charge in [0, 0.05) is 0 Å².